The van der Waals surface area contributed by atoms with E-state index in [2.05, 4.69) is 15.8 Å². The molecule has 0 rings (SSSR count). The first-order chi connectivity index (χ1) is 5.81. The van der Waals surface area contributed by atoms with E-state index in [4.69, 9.17) is 0 Å². The van der Waals surface area contributed by atoms with Gasteiger partial charge in [-0.15, -0.1) is 0 Å². The Balaban J connectivity index is 3.58. The zero-order valence-electron chi connectivity index (χ0n) is 7.66. The monoisotopic (exact) mass is 190 g/mol. The molecule has 0 unspecified atom stereocenters. The Bertz CT molecular complexity index is 197. The molecule has 6 nitrogen and oxygen atoms in total. The SMILES string of the molecule is CC(C)(O)CNC(=O)COC(N)=O. The van der Waals surface area contributed by atoms with E-state index >= 15 is 0 Å². The average Bonchev–Trinajstić information content (AvgIpc) is 1.95. The Morgan fingerprint density at radius 2 is 2.08 bits per heavy atom. The van der Waals surface area contributed by atoms with Gasteiger partial charge in [0.15, 0.2) is 6.61 Å². The Morgan fingerprint density at radius 1 is 1.54 bits per heavy atom. The van der Waals surface area contributed by atoms with E-state index in [-0.39, 0.29) is 6.54 Å². The van der Waals surface area contributed by atoms with Gasteiger partial charge in [0.1, 0.15) is 0 Å². The minimum atomic E-state index is -1.00. The predicted molar refractivity (Wildman–Crippen MR) is 44.8 cm³/mol. The molecule has 2 amide bonds. The molecule has 0 fully saturated rings. The van der Waals surface area contributed by atoms with E-state index in [1.54, 1.807) is 13.8 Å². The quantitative estimate of drug-likeness (QED) is 0.527. The number of primary amides is 1. The second-order valence-corrected chi connectivity index (χ2v) is 3.20. The summed E-state index contributed by atoms with van der Waals surface area (Å²) in [5.41, 5.74) is 3.65. The molecule has 0 saturated carbocycles. The van der Waals surface area contributed by atoms with Gasteiger partial charge in [-0.1, -0.05) is 0 Å². The topological polar surface area (TPSA) is 102 Å². The van der Waals surface area contributed by atoms with Gasteiger partial charge in [0.25, 0.3) is 5.91 Å². The molecule has 0 radical (unpaired) electrons. The number of carbonyl (C=O) groups excluding carboxylic acids is 2. The van der Waals surface area contributed by atoms with E-state index in [0.717, 1.165) is 0 Å². The number of hydrogen-bond donors (Lipinski definition) is 3. The van der Waals surface area contributed by atoms with Crippen LogP contribution in [-0.2, 0) is 9.53 Å². The number of nitrogens with one attached hydrogen (secondary N) is 1. The Labute approximate surface area is 76.0 Å². The van der Waals surface area contributed by atoms with Crippen molar-refractivity contribution in [3.8, 4) is 0 Å². The minimum absolute atomic E-state index is 0.0912. The summed E-state index contributed by atoms with van der Waals surface area (Å²) in [6.07, 6.45) is -1.00. The minimum Gasteiger partial charge on any atom is -0.440 e. The highest BCUT2D eigenvalue weighted by Gasteiger charge is 2.14. The summed E-state index contributed by atoms with van der Waals surface area (Å²) >= 11 is 0. The third-order valence-corrected chi connectivity index (χ3v) is 1.06. The normalized spacial score (nSPS) is 10.7. The maximum absolute atomic E-state index is 10.8. The summed E-state index contributed by atoms with van der Waals surface area (Å²) in [7, 11) is 0. The van der Waals surface area contributed by atoms with Crippen molar-refractivity contribution in [2.24, 2.45) is 5.73 Å². The van der Waals surface area contributed by atoms with Crippen molar-refractivity contribution in [1.82, 2.24) is 5.32 Å². The lowest BCUT2D eigenvalue weighted by molar-refractivity contribution is -0.124. The second kappa shape index (κ2) is 4.66. The van der Waals surface area contributed by atoms with E-state index < -0.39 is 24.2 Å². The molecule has 0 aliphatic heterocycles. The van der Waals surface area contributed by atoms with Crippen LogP contribution >= 0.6 is 0 Å². The Hall–Kier alpha value is -1.30. The first kappa shape index (κ1) is 11.7. The summed E-state index contributed by atoms with van der Waals surface area (Å²) in [6, 6.07) is 0. The summed E-state index contributed by atoms with van der Waals surface area (Å²) in [6.45, 7) is 2.75. The lowest BCUT2D eigenvalue weighted by atomic mass is 10.1. The highest BCUT2D eigenvalue weighted by Crippen LogP contribution is 1.96. The zero-order valence-corrected chi connectivity index (χ0v) is 7.66. The fourth-order valence-electron chi connectivity index (χ4n) is 0.503. The molecule has 6 heteroatoms. The van der Waals surface area contributed by atoms with Crippen LogP contribution < -0.4 is 11.1 Å². The Morgan fingerprint density at radius 3 is 2.46 bits per heavy atom. The first-order valence-corrected chi connectivity index (χ1v) is 3.72. The number of amides is 2. The summed E-state index contributed by atoms with van der Waals surface area (Å²) < 4.78 is 4.21. The molecule has 0 aliphatic carbocycles. The van der Waals surface area contributed by atoms with E-state index in [1.165, 1.54) is 0 Å². The number of nitrogens with two attached hydrogens (primary N) is 1. The molecule has 0 spiro atoms. The van der Waals surface area contributed by atoms with Crippen LogP contribution in [0, 0.1) is 0 Å². The van der Waals surface area contributed by atoms with Crippen molar-refractivity contribution < 1.29 is 19.4 Å². The van der Waals surface area contributed by atoms with Crippen molar-refractivity contribution in [2.75, 3.05) is 13.2 Å². The molecule has 0 aliphatic rings. The van der Waals surface area contributed by atoms with Crippen LogP contribution in [0.1, 0.15) is 13.8 Å². The number of aliphatic hydroxyl groups is 1. The molecular weight excluding hydrogens is 176 g/mol. The molecule has 0 saturated heterocycles. The van der Waals surface area contributed by atoms with Crippen LogP contribution in [0.25, 0.3) is 0 Å². The van der Waals surface area contributed by atoms with Crippen LogP contribution in [0.5, 0.6) is 0 Å². The predicted octanol–water partition coefficient (Wildman–Crippen LogP) is -1.03. The van der Waals surface area contributed by atoms with Crippen molar-refractivity contribution in [3.63, 3.8) is 0 Å². The standard InChI is InChI=1S/C7H14N2O4/c1-7(2,12)4-9-5(10)3-13-6(8)11/h12H,3-4H2,1-2H3,(H2,8,11)(H,9,10). The van der Waals surface area contributed by atoms with Gasteiger partial charge in [0, 0.05) is 6.54 Å². The van der Waals surface area contributed by atoms with Gasteiger partial charge in [0.2, 0.25) is 0 Å². The molecule has 0 aromatic carbocycles. The van der Waals surface area contributed by atoms with Gasteiger partial charge in [-0.05, 0) is 13.8 Å². The first-order valence-electron chi connectivity index (χ1n) is 3.72. The summed E-state index contributed by atoms with van der Waals surface area (Å²) in [5, 5.41) is 11.6. The average molecular weight is 190 g/mol. The molecule has 0 aromatic heterocycles. The van der Waals surface area contributed by atoms with Gasteiger partial charge in [-0.3, -0.25) is 4.79 Å². The Kier molecular flexibility index (Phi) is 4.19. The maximum atomic E-state index is 10.8. The van der Waals surface area contributed by atoms with Crippen molar-refractivity contribution in [3.05, 3.63) is 0 Å². The number of ether oxygens (including phenoxy) is 1. The largest absolute Gasteiger partial charge is 0.440 e. The van der Waals surface area contributed by atoms with E-state index in [9.17, 15) is 14.7 Å². The molecular formula is C7H14N2O4. The van der Waals surface area contributed by atoms with Gasteiger partial charge in [0.05, 0.1) is 5.60 Å². The maximum Gasteiger partial charge on any atom is 0.405 e. The molecule has 0 heterocycles. The van der Waals surface area contributed by atoms with Crippen LogP contribution in [-0.4, -0.2) is 35.9 Å². The van der Waals surface area contributed by atoms with Gasteiger partial charge >= 0.3 is 6.09 Å². The van der Waals surface area contributed by atoms with Crippen molar-refractivity contribution in [2.45, 2.75) is 19.4 Å². The number of hydrogen-bond acceptors (Lipinski definition) is 4. The van der Waals surface area contributed by atoms with Crippen LogP contribution in [0.4, 0.5) is 4.79 Å². The molecule has 0 bridgehead atoms. The fourth-order valence-corrected chi connectivity index (χ4v) is 0.503. The third kappa shape index (κ3) is 8.61. The van der Waals surface area contributed by atoms with E-state index in [0.29, 0.717) is 0 Å². The van der Waals surface area contributed by atoms with Crippen LogP contribution in [0.15, 0.2) is 0 Å². The third-order valence-electron chi connectivity index (χ3n) is 1.06. The van der Waals surface area contributed by atoms with Gasteiger partial charge in [-0.2, -0.15) is 0 Å². The molecule has 4 N–H and O–H groups in total. The number of rotatable bonds is 4. The van der Waals surface area contributed by atoms with Gasteiger partial charge < -0.3 is 20.9 Å². The van der Waals surface area contributed by atoms with Gasteiger partial charge in [-0.25, -0.2) is 4.79 Å². The van der Waals surface area contributed by atoms with Crippen LogP contribution in [0.2, 0.25) is 0 Å². The highest BCUT2D eigenvalue weighted by atomic mass is 16.5. The number of carbonyl (C=O) groups is 2. The van der Waals surface area contributed by atoms with Crippen LogP contribution in [0.3, 0.4) is 0 Å². The summed E-state index contributed by atoms with van der Waals surface area (Å²) in [4.78, 5) is 20.9. The lowest BCUT2D eigenvalue weighted by Crippen LogP contribution is -2.40. The summed E-state index contributed by atoms with van der Waals surface area (Å²) in [5.74, 6) is -0.499. The molecule has 0 atom stereocenters. The molecule has 13 heavy (non-hydrogen) atoms. The molecule has 76 valence electrons. The lowest BCUT2D eigenvalue weighted by Gasteiger charge is -2.17. The fraction of sp³-hybridized carbons (Fsp3) is 0.714. The van der Waals surface area contributed by atoms with E-state index in [1.807, 2.05) is 0 Å². The zero-order chi connectivity index (χ0) is 10.5. The smallest absolute Gasteiger partial charge is 0.405 e. The second-order valence-electron chi connectivity index (χ2n) is 3.20. The molecule has 0 aromatic rings. The van der Waals surface area contributed by atoms with Crippen molar-refractivity contribution >= 4 is 12.0 Å². The van der Waals surface area contributed by atoms with Crippen molar-refractivity contribution in [1.29, 1.82) is 0 Å². The highest BCUT2D eigenvalue weighted by molar-refractivity contribution is 5.79.